The Morgan fingerprint density at radius 1 is 1.60 bits per heavy atom. The van der Waals surface area contributed by atoms with Gasteiger partial charge in [-0.2, -0.15) is 0 Å². The summed E-state index contributed by atoms with van der Waals surface area (Å²) in [6.07, 6.45) is 2.05. The fourth-order valence-electron chi connectivity index (χ4n) is 2.00. The van der Waals surface area contributed by atoms with E-state index >= 15 is 0 Å². The Bertz CT molecular complexity index is 215. The highest BCUT2D eigenvalue weighted by Crippen LogP contribution is 2.19. The molecule has 0 aromatic carbocycles. The molecule has 1 unspecified atom stereocenters. The molecule has 1 saturated heterocycles. The molecule has 0 saturated carbocycles. The van der Waals surface area contributed by atoms with Crippen LogP contribution < -0.4 is 11.1 Å². The first kappa shape index (κ1) is 14.7. The minimum absolute atomic E-state index is 0. The van der Waals surface area contributed by atoms with Gasteiger partial charge in [-0.3, -0.25) is 9.69 Å². The molecule has 0 aromatic rings. The molecule has 1 aliphatic heterocycles. The third-order valence-corrected chi connectivity index (χ3v) is 2.52. The van der Waals surface area contributed by atoms with Crippen LogP contribution in [0.2, 0.25) is 0 Å². The predicted octanol–water partition coefficient (Wildman–Crippen LogP) is 0.356. The highest BCUT2D eigenvalue weighted by Gasteiger charge is 2.32. The van der Waals surface area contributed by atoms with Gasteiger partial charge in [-0.15, -0.1) is 12.4 Å². The minimum atomic E-state index is -0.226. The van der Waals surface area contributed by atoms with Gasteiger partial charge in [0.2, 0.25) is 5.91 Å². The summed E-state index contributed by atoms with van der Waals surface area (Å²) in [5.41, 5.74) is 5.72. The molecule has 4 nitrogen and oxygen atoms in total. The van der Waals surface area contributed by atoms with Crippen LogP contribution in [0.4, 0.5) is 0 Å². The van der Waals surface area contributed by atoms with Gasteiger partial charge in [0.15, 0.2) is 0 Å². The van der Waals surface area contributed by atoms with Crippen LogP contribution in [0.1, 0.15) is 26.7 Å². The van der Waals surface area contributed by atoms with Crippen LogP contribution in [0.5, 0.6) is 0 Å². The molecule has 0 bridgehead atoms. The third-order valence-electron chi connectivity index (χ3n) is 2.52. The lowest BCUT2D eigenvalue weighted by atomic mass is 10.1. The number of likely N-dealkylation sites (tertiary alicyclic amines) is 1. The molecule has 1 atom stereocenters. The van der Waals surface area contributed by atoms with E-state index in [-0.39, 0.29) is 29.9 Å². The molecule has 1 rings (SSSR count). The number of hydrogen-bond donors (Lipinski definition) is 2. The number of carbonyl (C=O) groups excluding carboxylic acids is 1. The number of nitrogens with one attached hydrogen (secondary N) is 1. The van der Waals surface area contributed by atoms with Crippen LogP contribution in [0.25, 0.3) is 0 Å². The van der Waals surface area contributed by atoms with E-state index in [0.717, 1.165) is 25.9 Å². The van der Waals surface area contributed by atoms with Crippen LogP contribution in [0.3, 0.4) is 0 Å². The first-order chi connectivity index (χ1) is 6.44. The molecule has 1 heterocycles. The summed E-state index contributed by atoms with van der Waals surface area (Å²) in [5.74, 6) is 0.117. The fourth-order valence-corrected chi connectivity index (χ4v) is 2.00. The molecule has 1 amide bonds. The van der Waals surface area contributed by atoms with E-state index in [0.29, 0.717) is 0 Å². The Morgan fingerprint density at radius 2 is 2.20 bits per heavy atom. The Labute approximate surface area is 98.0 Å². The third kappa shape index (κ3) is 4.36. The molecule has 0 aromatic heterocycles. The van der Waals surface area contributed by atoms with E-state index < -0.39 is 0 Å². The van der Waals surface area contributed by atoms with Crippen molar-refractivity contribution in [1.82, 2.24) is 10.2 Å². The largest absolute Gasteiger partial charge is 0.358 e. The molecule has 0 spiro atoms. The summed E-state index contributed by atoms with van der Waals surface area (Å²) in [6, 6.07) is 0.0304. The van der Waals surface area contributed by atoms with Gasteiger partial charge >= 0.3 is 0 Å². The second-order valence-corrected chi connectivity index (χ2v) is 4.73. The number of halogens is 1. The lowest BCUT2D eigenvalue weighted by Crippen LogP contribution is -2.50. The Hall–Kier alpha value is -0.320. The van der Waals surface area contributed by atoms with Gasteiger partial charge in [0.1, 0.15) is 0 Å². The highest BCUT2D eigenvalue weighted by atomic mass is 35.5. The van der Waals surface area contributed by atoms with E-state index in [9.17, 15) is 4.79 Å². The summed E-state index contributed by atoms with van der Waals surface area (Å²) in [4.78, 5) is 13.7. The van der Waals surface area contributed by atoms with Crippen LogP contribution in [-0.4, -0.2) is 42.5 Å². The summed E-state index contributed by atoms with van der Waals surface area (Å²) in [7, 11) is 1.69. The molecule has 15 heavy (non-hydrogen) atoms. The van der Waals surface area contributed by atoms with Crippen LogP contribution >= 0.6 is 12.4 Å². The molecule has 90 valence electrons. The number of likely N-dealkylation sites (N-methyl/N-ethyl adjacent to an activating group) is 1. The van der Waals surface area contributed by atoms with Crippen molar-refractivity contribution in [2.75, 3.05) is 20.1 Å². The van der Waals surface area contributed by atoms with Gasteiger partial charge < -0.3 is 11.1 Å². The first-order valence-electron chi connectivity index (χ1n) is 5.18. The summed E-state index contributed by atoms with van der Waals surface area (Å²) >= 11 is 0. The standard InChI is InChI=1S/C10H21N3O.ClH/c1-10(2,11)7-13-6-4-5-8(13)9(14)12-3;/h8H,4-7,11H2,1-3H3,(H,12,14);1H. The van der Waals surface area contributed by atoms with Gasteiger partial charge in [0.25, 0.3) is 0 Å². The maximum atomic E-state index is 11.5. The zero-order valence-electron chi connectivity index (χ0n) is 9.75. The quantitative estimate of drug-likeness (QED) is 0.743. The molecule has 1 aliphatic rings. The Morgan fingerprint density at radius 3 is 2.67 bits per heavy atom. The number of rotatable bonds is 3. The number of carbonyl (C=O) groups is 1. The average molecular weight is 236 g/mol. The molecule has 0 aliphatic carbocycles. The van der Waals surface area contributed by atoms with Crippen LogP contribution in [0.15, 0.2) is 0 Å². The topological polar surface area (TPSA) is 58.4 Å². The number of nitrogens with zero attached hydrogens (tertiary/aromatic N) is 1. The fraction of sp³-hybridized carbons (Fsp3) is 0.900. The summed E-state index contributed by atoms with van der Waals surface area (Å²) in [6.45, 7) is 5.75. The summed E-state index contributed by atoms with van der Waals surface area (Å²) in [5, 5.41) is 2.70. The molecular formula is C10H22ClN3O. The normalized spacial score (nSPS) is 22.3. The zero-order valence-corrected chi connectivity index (χ0v) is 10.6. The van der Waals surface area contributed by atoms with E-state index in [1.807, 2.05) is 13.8 Å². The lowest BCUT2D eigenvalue weighted by Gasteiger charge is -2.30. The van der Waals surface area contributed by atoms with Gasteiger partial charge in [0.05, 0.1) is 6.04 Å². The molecule has 0 radical (unpaired) electrons. The van der Waals surface area contributed by atoms with Crippen LogP contribution in [0, 0.1) is 0 Å². The van der Waals surface area contributed by atoms with Crippen LogP contribution in [-0.2, 0) is 4.79 Å². The van der Waals surface area contributed by atoms with Crippen molar-refractivity contribution >= 4 is 18.3 Å². The molecule has 1 fully saturated rings. The number of amides is 1. The van der Waals surface area contributed by atoms with E-state index in [4.69, 9.17) is 5.73 Å². The smallest absolute Gasteiger partial charge is 0.237 e. The lowest BCUT2D eigenvalue weighted by molar-refractivity contribution is -0.125. The second-order valence-electron chi connectivity index (χ2n) is 4.73. The van der Waals surface area contributed by atoms with E-state index in [1.165, 1.54) is 0 Å². The Balaban J connectivity index is 0.00000196. The zero-order chi connectivity index (χ0) is 10.8. The Kier molecular flexibility index (Phi) is 5.56. The average Bonchev–Trinajstić information content (AvgIpc) is 2.48. The van der Waals surface area contributed by atoms with Crippen molar-refractivity contribution in [2.45, 2.75) is 38.3 Å². The van der Waals surface area contributed by atoms with Crippen molar-refractivity contribution < 1.29 is 4.79 Å². The highest BCUT2D eigenvalue weighted by molar-refractivity contribution is 5.85. The minimum Gasteiger partial charge on any atom is -0.358 e. The number of nitrogens with two attached hydrogens (primary N) is 1. The van der Waals surface area contributed by atoms with Crippen molar-refractivity contribution in [2.24, 2.45) is 5.73 Å². The first-order valence-corrected chi connectivity index (χ1v) is 5.18. The summed E-state index contributed by atoms with van der Waals surface area (Å²) < 4.78 is 0. The maximum absolute atomic E-state index is 11.5. The van der Waals surface area contributed by atoms with E-state index in [1.54, 1.807) is 7.05 Å². The van der Waals surface area contributed by atoms with Crippen molar-refractivity contribution in [1.29, 1.82) is 0 Å². The SMILES string of the molecule is CNC(=O)C1CCCN1CC(C)(C)N.Cl. The van der Waals surface area contributed by atoms with Crippen molar-refractivity contribution in [3.8, 4) is 0 Å². The second kappa shape index (κ2) is 5.68. The maximum Gasteiger partial charge on any atom is 0.237 e. The van der Waals surface area contributed by atoms with Crippen molar-refractivity contribution in [3.63, 3.8) is 0 Å². The monoisotopic (exact) mass is 235 g/mol. The molecular weight excluding hydrogens is 214 g/mol. The predicted molar refractivity (Wildman–Crippen MR) is 64.2 cm³/mol. The van der Waals surface area contributed by atoms with Gasteiger partial charge in [0, 0.05) is 19.1 Å². The van der Waals surface area contributed by atoms with Gasteiger partial charge in [-0.1, -0.05) is 0 Å². The van der Waals surface area contributed by atoms with E-state index in [2.05, 4.69) is 10.2 Å². The molecule has 3 N–H and O–H groups in total. The van der Waals surface area contributed by atoms with Crippen molar-refractivity contribution in [3.05, 3.63) is 0 Å². The van der Waals surface area contributed by atoms with Gasteiger partial charge in [-0.05, 0) is 33.2 Å². The number of hydrogen-bond acceptors (Lipinski definition) is 3. The molecule has 5 heteroatoms. The van der Waals surface area contributed by atoms with Gasteiger partial charge in [-0.25, -0.2) is 0 Å².